The van der Waals surface area contributed by atoms with E-state index in [2.05, 4.69) is 6.58 Å². The molecule has 32 heavy (non-hydrogen) atoms. The van der Waals surface area contributed by atoms with Crippen LogP contribution in [-0.2, 0) is 14.3 Å². The number of allylic oxidation sites excluding steroid dienone is 2. The number of carbonyl (C=O) groups is 1. The fourth-order valence-electron chi connectivity index (χ4n) is 2.38. The summed E-state index contributed by atoms with van der Waals surface area (Å²) in [7, 11) is 0. The van der Waals surface area contributed by atoms with E-state index in [1.807, 2.05) is 95.3 Å². The van der Waals surface area contributed by atoms with Gasteiger partial charge in [0.1, 0.15) is 17.1 Å². The summed E-state index contributed by atoms with van der Waals surface area (Å²) in [4.78, 5) is 10.5. The molecule has 0 heterocycles. The molecule has 172 valence electrons. The van der Waals surface area contributed by atoms with Gasteiger partial charge >= 0.3 is 5.97 Å². The standard InChI is InChI=1S/C20H22O3.C7H12O2/c1-3-22-16(2)23-20-14-10-18(11-15-20)7-5-4-6-17-8-12-19(21)13-9-17;1-5-6(8)9-7(2,3)4/h4-16,21H,3H2,1-2H3;5H,1H2,2-4H3. The van der Waals surface area contributed by atoms with Gasteiger partial charge in [0.25, 0.3) is 0 Å². The van der Waals surface area contributed by atoms with Gasteiger partial charge in [-0.25, -0.2) is 4.79 Å². The van der Waals surface area contributed by atoms with Crippen molar-refractivity contribution in [2.75, 3.05) is 6.61 Å². The second-order valence-electron chi connectivity index (χ2n) is 7.76. The van der Waals surface area contributed by atoms with Crippen LogP contribution in [0.2, 0.25) is 0 Å². The number of ether oxygens (including phenoxy) is 3. The van der Waals surface area contributed by atoms with E-state index in [9.17, 15) is 9.90 Å². The predicted molar refractivity (Wildman–Crippen MR) is 130 cm³/mol. The van der Waals surface area contributed by atoms with Crippen molar-refractivity contribution in [2.24, 2.45) is 0 Å². The number of benzene rings is 2. The van der Waals surface area contributed by atoms with Crippen LogP contribution in [0.3, 0.4) is 0 Å². The highest BCUT2D eigenvalue weighted by Crippen LogP contribution is 2.15. The second-order valence-corrected chi connectivity index (χ2v) is 7.76. The minimum atomic E-state index is -0.398. The first-order chi connectivity index (χ1) is 15.1. The molecule has 0 radical (unpaired) electrons. The molecule has 0 aliphatic heterocycles. The van der Waals surface area contributed by atoms with E-state index in [1.165, 1.54) is 0 Å². The highest BCUT2D eigenvalue weighted by atomic mass is 16.7. The molecule has 5 nitrogen and oxygen atoms in total. The third-order valence-corrected chi connectivity index (χ3v) is 3.74. The van der Waals surface area contributed by atoms with Crippen LogP contribution in [0.4, 0.5) is 0 Å². The molecule has 5 heteroatoms. The van der Waals surface area contributed by atoms with Crippen LogP contribution in [0.5, 0.6) is 11.5 Å². The molecule has 2 aromatic carbocycles. The molecular formula is C27H34O5. The predicted octanol–water partition coefficient (Wildman–Crippen LogP) is 6.39. The van der Waals surface area contributed by atoms with E-state index in [4.69, 9.17) is 14.2 Å². The van der Waals surface area contributed by atoms with Crippen LogP contribution in [0.1, 0.15) is 45.7 Å². The Hall–Kier alpha value is -3.31. The zero-order chi connectivity index (χ0) is 24.0. The fraction of sp³-hybridized carbons (Fsp3) is 0.296. The van der Waals surface area contributed by atoms with Gasteiger partial charge in [-0.15, -0.1) is 0 Å². The lowest BCUT2D eigenvalue weighted by atomic mass is 10.2. The average molecular weight is 439 g/mol. The lowest BCUT2D eigenvalue weighted by Crippen LogP contribution is -2.22. The van der Waals surface area contributed by atoms with E-state index in [-0.39, 0.29) is 18.0 Å². The molecule has 0 spiro atoms. The molecule has 0 aliphatic carbocycles. The molecular weight excluding hydrogens is 404 g/mol. The lowest BCUT2D eigenvalue weighted by molar-refractivity contribution is -0.148. The Balaban J connectivity index is 0.000000482. The fourth-order valence-corrected chi connectivity index (χ4v) is 2.38. The van der Waals surface area contributed by atoms with Crippen LogP contribution >= 0.6 is 0 Å². The Bertz CT molecular complexity index is 872. The van der Waals surface area contributed by atoms with Crippen LogP contribution in [0, 0.1) is 0 Å². The Labute approximate surface area is 191 Å². The Morgan fingerprint density at radius 2 is 1.50 bits per heavy atom. The second kappa shape index (κ2) is 13.9. The summed E-state index contributed by atoms with van der Waals surface area (Å²) in [5.41, 5.74) is 1.74. The number of hydrogen-bond donors (Lipinski definition) is 1. The maximum Gasteiger partial charge on any atom is 0.330 e. The molecule has 0 fully saturated rings. The van der Waals surface area contributed by atoms with Gasteiger partial charge in [-0.2, -0.15) is 0 Å². The van der Waals surface area contributed by atoms with Crippen molar-refractivity contribution in [3.63, 3.8) is 0 Å². The monoisotopic (exact) mass is 438 g/mol. The highest BCUT2D eigenvalue weighted by Gasteiger charge is 2.12. The minimum Gasteiger partial charge on any atom is -0.508 e. The Morgan fingerprint density at radius 1 is 1.00 bits per heavy atom. The van der Waals surface area contributed by atoms with Crippen molar-refractivity contribution in [2.45, 2.75) is 46.5 Å². The van der Waals surface area contributed by atoms with Crippen molar-refractivity contribution < 1.29 is 24.1 Å². The third-order valence-electron chi connectivity index (χ3n) is 3.74. The Morgan fingerprint density at radius 3 is 1.91 bits per heavy atom. The van der Waals surface area contributed by atoms with Gasteiger partial charge in [0.15, 0.2) is 6.29 Å². The van der Waals surface area contributed by atoms with E-state index in [0.29, 0.717) is 6.61 Å². The number of esters is 1. The number of rotatable bonds is 8. The zero-order valence-electron chi connectivity index (χ0n) is 19.6. The molecule has 0 bridgehead atoms. The normalized spacial score (nSPS) is 12.2. The average Bonchev–Trinajstić information content (AvgIpc) is 2.73. The molecule has 2 rings (SSSR count). The molecule has 0 aliphatic rings. The topological polar surface area (TPSA) is 65.0 Å². The van der Waals surface area contributed by atoms with Crippen LogP contribution in [0.25, 0.3) is 12.2 Å². The summed E-state index contributed by atoms with van der Waals surface area (Å²) in [6.07, 6.45) is 8.86. The van der Waals surface area contributed by atoms with Crippen LogP contribution in [-0.4, -0.2) is 29.6 Å². The number of phenols is 1. The van der Waals surface area contributed by atoms with Crippen LogP contribution in [0.15, 0.2) is 73.3 Å². The lowest BCUT2D eigenvalue weighted by Gasteiger charge is -2.17. The zero-order valence-corrected chi connectivity index (χ0v) is 19.6. The van der Waals surface area contributed by atoms with Gasteiger partial charge in [0.05, 0.1) is 0 Å². The van der Waals surface area contributed by atoms with Gasteiger partial charge in [-0.05, 0) is 70.0 Å². The largest absolute Gasteiger partial charge is 0.508 e. The molecule has 0 amide bonds. The molecule has 0 saturated carbocycles. The smallest absolute Gasteiger partial charge is 0.330 e. The van der Waals surface area contributed by atoms with Crippen molar-refractivity contribution >= 4 is 18.1 Å². The van der Waals surface area contributed by atoms with Gasteiger partial charge in [-0.1, -0.05) is 55.1 Å². The first kappa shape index (κ1) is 26.7. The quantitative estimate of drug-likeness (QED) is 0.224. The van der Waals surface area contributed by atoms with Gasteiger partial charge in [-0.3, -0.25) is 0 Å². The third kappa shape index (κ3) is 12.4. The van der Waals surface area contributed by atoms with E-state index < -0.39 is 5.60 Å². The number of aromatic hydroxyl groups is 1. The molecule has 0 aromatic heterocycles. The molecule has 1 unspecified atom stereocenters. The van der Waals surface area contributed by atoms with Crippen LogP contribution < -0.4 is 4.74 Å². The summed E-state index contributed by atoms with van der Waals surface area (Å²) in [5.74, 6) is 0.698. The van der Waals surface area contributed by atoms with Gasteiger partial charge < -0.3 is 19.3 Å². The minimum absolute atomic E-state index is 0.241. The summed E-state index contributed by atoms with van der Waals surface area (Å²) in [5, 5.41) is 9.23. The van der Waals surface area contributed by atoms with E-state index in [0.717, 1.165) is 23.0 Å². The molecule has 1 atom stereocenters. The first-order valence-corrected chi connectivity index (χ1v) is 10.5. The van der Waals surface area contributed by atoms with E-state index >= 15 is 0 Å². The number of phenolic OH excluding ortho intramolecular Hbond substituents is 1. The highest BCUT2D eigenvalue weighted by molar-refractivity contribution is 5.81. The summed E-state index contributed by atoms with van der Waals surface area (Å²) < 4.78 is 15.8. The molecule has 0 saturated heterocycles. The molecule has 1 N–H and O–H groups in total. The van der Waals surface area contributed by atoms with Crippen molar-refractivity contribution in [3.8, 4) is 11.5 Å². The summed E-state index contributed by atoms with van der Waals surface area (Å²) in [6.45, 7) is 13.2. The van der Waals surface area contributed by atoms with Crippen molar-refractivity contribution in [1.29, 1.82) is 0 Å². The first-order valence-electron chi connectivity index (χ1n) is 10.5. The molecule has 2 aromatic rings. The van der Waals surface area contributed by atoms with Crippen molar-refractivity contribution in [1.82, 2.24) is 0 Å². The van der Waals surface area contributed by atoms with Gasteiger partial charge in [0, 0.05) is 12.7 Å². The Kier molecular flexibility index (Phi) is 11.6. The summed E-state index contributed by atoms with van der Waals surface area (Å²) in [6, 6.07) is 14.9. The van der Waals surface area contributed by atoms with Gasteiger partial charge in [0.2, 0.25) is 0 Å². The van der Waals surface area contributed by atoms with E-state index in [1.54, 1.807) is 12.1 Å². The number of carbonyl (C=O) groups excluding carboxylic acids is 1. The number of hydrogen-bond acceptors (Lipinski definition) is 5. The van der Waals surface area contributed by atoms with Crippen molar-refractivity contribution in [3.05, 3.63) is 84.5 Å². The SMILES string of the molecule is C=CC(=O)OC(C)(C)C.CCOC(C)Oc1ccc(C=CC=Cc2ccc(O)cc2)cc1. The maximum atomic E-state index is 10.5. The maximum absolute atomic E-state index is 10.5. The summed E-state index contributed by atoms with van der Waals surface area (Å²) >= 11 is 0.